The number of thioether (sulfide) groups is 1. The molecule has 1 aromatic carbocycles. The summed E-state index contributed by atoms with van der Waals surface area (Å²) in [6.45, 7) is 2.34. The van der Waals surface area contributed by atoms with Gasteiger partial charge in [-0.25, -0.2) is 4.98 Å². The normalized spacial score (nSPS) is 19.9. The number of nitrogens with zero attached hydrogens (tertiary/aromatic N) is 3. The van der Waals surface area contributed by atoms with Gasteiger partial charge in [-0.3, -0.25) is 9.78 Å². The summed E-state index contributed by atoms with van der Waals surface area (Å²) >= 11 is 9.87. The number of fused-ring (bicyclic) bond motifs is 1. The van der Waals surface area contributed by atoms with Crippen molar-refractivity contribution in [2.24, 2.45) is 17.6 Å². The monoisotopic (exact) mass is 520 g/mol. The van der Waals surface area contributed by atoms with Crippen LogP contribution in [0.4, 0.5) is 0 Å². The molecule has 4 rings (SSSR count). The molecule has 1 fully saturated rings. The maximum absolute atomic E-state index is 12.1. The number of halogens is 1. The molecule has 3 aromatic rings. The summed E-state index contributed by atoms with van der Waals surface area (Å²) < 4.78 is 6.42. The van der Waals surface area contributed by atoms with Gasteiger partial charge in [0, 0.05) is 48.0 Å². The highest BCUT2D eigenvalue weighted by molar-refractivity contribution is 8.01. The Labute approximate surface area is 212 Å². The van der Waals surface area contributed by atoms with E-state index in [4.69, 9.17) is 22.1 Å². The minimum absolute atomic E-state index is 0.0906. The highest BCUT2D eigenvalue weighted by atomic mass is 35.5. The molecular formula is C24H29ClN4O3S2. The van der Waals surface area contributed by atoms with Gasteiger partial charge in [0.1, 0.15) is 10.1 Å². The Morgan fingerprint density at radius 3 is 3.03 bits per heavy atom. The van der Waals surface area contributed by atoms with E-state index in [2.05, 4.69) is 14.9 Å². The molecule has 2 aromatic heterocycles. The number of carboxylic acids is 1. The molecule has 0 amide bonds. The predicted molar refractivity (Wildman–Crippen MR) is 138 cm³/mol. The van der Waals surface area contributed by atoms with E-state index < -0.39 is 11.9 Å². The summed E-state index contributed by atoms with van der Waals surface area (Å²) in [6, 6.07) is 5.35. The Hall–Kier alpha value is -1.91. The molecule has 10 heteroatoms. The number of aromatic nitrogens is 2. The van der Waals surface area contributed by atoms with Crippen LogP contribution in [0.25, 0.3) is 10.9 Å². The first kappa shape index (κ1) is 25.2. The lowest BCUT2D eigenvalue weighted by atomic mass is 9.81. The van der Waals surface area contributed by atoms with Crippen molar-refractivity contribution in [3.8, 4) is 5.75 Å². The van der Waals surface area contributed by atoms with Crippen LogP contribution in [0.1, 0.15) is 30.9 Å². The van der Waals surface area contributed by atoms with Crippen molar-refractivity contribution in [2.75, 3.05) is 32.5 Å². The zero-order valence-electron chi connectivity index (χ0n) is 19.0. The summed E-state index contributed by atoms with van der Waals surface area (Å²) in [5.41, 5.74) is 8.26. The van der Waals surface area contributed by atoms with Crippen molar-refractivity contribution in [3.05, 3.63) is 46.6 Å². The van der Waals surface area contributed by atoms with Crippen LogP contribution in [0.15, 0.2) is 40.3 Å². The highest BCUT2D eigenvalue weighted by Gasteiger charge is 2.34. The molecule has 3 heterocycles. The van der Waals surface area contributed by atoms with E-state index in [0.717, 1.165) is 58.2 Å². The van der Waals surface area contributed by atoms with E-state index in [1.807, 2.05) is 29.8 Å². The van der Waals surface area contributed by atoms with Crippen LogP contribution in [0.5, 0.6) is 5.75 Å². The number of hydrogen-bond donors (Lipinski definition) is 2. The molecule has 1 aliphatic rings. The molecule has 7 nitrogen and oxygen atoms in total. The van der Waals surface area contributed by atoms with Gasteiger partial charge in [-0.2, -0.15) is 0 Å². The molecule has 0 saturated carbocycles. The first-order valence-corrected chi connectivity index (χ1v) is 13.6. The fourth-order valence-electron chi connectivity index (χ4n) is 4.65. The number of carboxylic acid groups (broad SMARTS) is 1. The number of nitrogens with two attached hydrogens (primary N) is 1. The quantitative estimate of drug-likeness (QED) is 0.362. The number of carbonyl (C=O) groups is 1. The largest absolute Gasteiger partial charge is 0.497 e. The number of pyridine rings is 1. The maximum atomic E-state index is 12.1. The number of ether oxygens (including phenoxy) is 1. The second-order valence-corrected chi connectivity index (χ2v) is 11.2. The molecule has 0 bridgehead atoms. The van der Waals surface area contributed by atoms with E-state index in [9.17, 15) is 9.90 Å². The Kier molecular flexibility index (Phi) is 8.65. The Morgan fingerprint density at radius 1 is 1.44 bits per heavy atom. The van der Waals surface area contributed by atoms with Gasteiger partial charge in [0.05, 0.1) is 23.6 Å². The van der Waals surface area contributed by atoms with Crippen molar-refractivity contribution in [1.29, 1.82) is 0 Å². The number of hydrogen-bond acceptors (Lipinski definition) is 8. The predicted octanol–water partition coefficient (Wildman–Crippen LogP) is 4.95. The van der Waals surface area contributed by atoms with E-state index in [1.54, 1.807) is 36.4 Å². The lowest BCUT2D eigenvalue weighted by molar-refractivity contribution is -0.146. The van der Waals surface area contributed by atoms with Crippen molar-refractivity contribution in [3.63, 3.8) is 0 Å². The molecule has 182 valence electrons. The zero-order chi connectivity index (χ0) is 24.1. The van der Waals surface area contributed by atoms with Gasteiger partial charge >= 0.3 is 5.97 Å². The lowest BCUT2D eigenvalue weighted by Gasteiger charge is -2.37. The Morgan fingerprint density at radius 2 is 2.29 bits per heavy atom. The number of methoxy groups -OCH3 is 1. The van der Waals surface area contributed by atoms with Crippen molar-refractivity contribution in [1.82, 2.24) is 14.9 Å². The first-order valence-electron chi connectivity index (χ1n) is 11.3. The third-order valence-electron chi connectivity index (χ3n) is 6.49. The van der Waals surface area contributed by atoms with E-state index >= 15 is 0 Å². The third kappa shape index (κ3) is 6.01. The van der Waals surface area contributed by atoms with Gasteiger partial charge in [-0.1, -0.05) is 23.4 Å². The number of rotatable bonds is 10. The molecule has 3 unspecified atom stereocenters. The van der Waals surface area contributed by atoms with Crippen LogP contribution in [0.3, 0.4) is 0 Å². The fourth-order valence-corrected chi connectivity index (χ4v) is 6.65. The first-order chi connectivity index (χ1) is 16.5. The van der Waals surface area contributed by atoms with Gasteiger partial charge in [0.25, 0.3) is 0 Å². The fraction of sp³-hybridized carbons (Fsp3) is 0.458. The third-order valence-corrected chi connectivity index (χ3v) is 8.73. The molecular weight excluding hydrogens is 492 g/mol. The van der Waals surface area contributed by atoms with Gasteiger partial charge in [-0.15, -0.1) is 11.3 Å². The van der Waals surface area contributed by atoms with Crippen LogP contribution >= 0.6 is 34.7 Å². The van der Waals surface area contributed by atoms with Gasteiger partial charge in [-0.05, 0) is 55.5 Å². The average molecular weight is 521 g/mol. The van der Waals surface area contributed by atoms with Gasteiger partial charge < -0.3 is 20.5 Å². The number of thiazole rings is 1. The molecule has 1 aliphatic heterocycles. The molecule has 3 N–H and O–H groups in total. The van der Waals surface area contributed by atoms with Crippen LogP contribution in [0.2, 0.25) is 5.02 Å². The SMILES string of the molecule is COc1ccc2ncc(Cl)c(C(N)CCC3CCN(CCSc4nccs4)CC3C(=O)O)c2c1. The summed E-state index contributed by atoms with van der Waals surface area (Å²) in [6.07, 6.45) is 5.69. The van der Waals surface area contributed by atoms with Crippen LogP contribution in [0, 0.1) is 11.8 Å². The maximum Gasteiger partial charge on any atom is 0.308 e. The van der Waals surface area contributed by atoms with Crippen LogP contribution in [-0.2, 0) is 4.79 Å². The minimum atomic E-state index is -0.729. The second-order valence-electron chi connectivity index (χ2n) is 8.53. The number of benzene rings is 1. The molecule has 0 spiro atoms. The van der Waals surface area contributed by atoms with E-state index in [0.29, 0.717) is 18.0 Å². The lowest BCUT2D eigenvalue weighted by Crippen LogP contribution is -2.44. The molecule has 34 heavy (non-hydrogen) atoms. The topological polar surface area (TPSA) is 102 Å². The minimum Gasteiger partial charge on any atom is -0.497 e. The van der Waals surface area contributed by atoms with Crippen molar-refractivity contribution >= 4 is 51.6 Å². The highest BCUT2D eigenvalue weighted by Crippen LogP contribution is 2.36. The zero-order valence-corrected chi connectivity index (χ0v) is 21.4. The van der Waals surface area contributed by atoms with Crippen molar-refractivity contribution < 1.29 is 14.6 Å². The second kappa shape index (κ2) is 11.7. The van der Waals surface area contributed by atoms with Gasteiger partial charge in [0.2, 0.25) is 0 Å². The van der Waals surface area contributed by atoms with Gasteiger partial charge in [0.15, 0.2) is 0 Å². The summed E-state index contributed by atoms with van der Waals surface area (Å²) in [7, 11) is 1.62. The van der Waals surface area contributed by atoms with E-state index in [-0.39, 0.29) is 12.0 Å². The Balaban J connectivity index is 1.38. The molecule has 1 saturated heterocycles. The summed E-state index contributed by atoms with van der Waals surface area (Å²) in [5, 5.41) is 13.3. The standard InChI is InChI=1S/C24H29ClN4O3S2/c1-32-16-3-5-21-17(12-16)22(19(25)13-28-21)20(26)4-2-15-6-8-29(14-18(15)23(30)31)9-11-34-24-27-7-10-33-24/h3,5,7,10,12-13,15,18,20H,2,4,6,8-9,11,14,26H2,1H3,(H,30,31). The number of likely N-dealkylation sites (tertiary alicyclic amines) is 1. The van der Waals surface area contributed by atoms with Crippen molar-refractivity contribution in [2.45, 2.75) is 29.6 Å². The van der Waals surface area contributed by atoms with Crippen LogP contribution in [-0.4, -0.2) is 58.4 Å². The summed E-state index contributed by atoms with van der Waals surface area (Å²) in [4.78, 5) is 23.0. The Bertz CT molecular complexity index is 1120. The van der Waals surface area contributed by atoms with Crippen LogP contribution < -0.4 is 10.5 Å². The van der Waals surface area contributed by atoms with E-state index in [1.165, 1.54) is 0 Å². The average Bonchev–Trinajstić information content (AvgIpc) is 3.36. The number of aliphatic carboxylic acids is 1. The summed E-state index contributed by atoms with van der Waals surface area (Å²) in [5.74, 6) is 0.597. The number of piperidine rings is 1. The molecule has 0 radical (unpaired) electrons. The molecule has 0 aliphatic carbocycles. The smallest absolute Gasteiger partial charge is 0.308 e. The molecule has 3 atom stereocenters.